The van der Waals surface area contributed by atoms with E-state index in [0.717, 1.165) is 12.1 Å². The number of fused-ring (bicyclic) bond motifs is 1. The second-order valence-corrected chi connectivity index (χ2v) is 15.6. The fourth-order valence-corrected chi connectivity index (χ4v) is 8.00. The Hall–Kier alpha value is -3.05. The molecule has 2 aromatic heterocycles. The Morgan fingerprint density at radius 2 is 1.86 bits per heavy atom. The first-order valence-electron chi connectivity index (χ1n) is 12.8. The summed E-state index contributed by atoms with van der Waals surface area (Å²) in [5.41, 5.74) is -1.36. The number of alkyl halides is 5. The molecular formula is C24H24F5N7O4S3. The number of nitrogens with zero attached hydrogens (tertiary/aromatic N) is 6. The van der Waals surface area contributed by atoms with Crippen molar-refractivity contribution < 1.29 is 38.8 Å². The van der Waals surface area contributed by atoms with Crippen molar-refractivity contribution in [3.63, 3.8) is 0 Å². The van der Waals surface area contributed by atoms with Crippen LogP contribution in [0.1, 0.15) is 50.1 Å². The molecule has 0 bridgehead atoms. The lowest BCUT2D eigenvalue weighted by molar-refractivity contribution is -0.141. The van der Waals surface area contributed by atoms with Crippen LogP contribution in [0.25, 0.3) is 27.2 Å². The van der Waals surface area contributed by atoms with Gasteiger partial charge in [0, 0.05) is 24.0 Å². The van der Waals surface area contributed by atoms with Crippen molar-refractivity contribution in [2.24, 2.45) is 0 Å². The van der Waals surface area contributed by atoms with Gasteiger partial charge in [-0.1, -0.05) is 17.4 Å². The van der Waals surface area contributed by atoms with Crippen LogP contribution in [0.3, 0.4) is 0 Å². The number of hydrogen-bond acceptors (Lipinski definition) is 9. The zero-order valence-electron chi connectivity index (χ0n) is 22.6. The number of nitrogens with one attached hydrogen (secondary N) is 1. The molecule has 5 rings (SSSR count). The first kappa shape index (κ1) is 31.4. The van der Waals surface area contributed by atoms with Crippen molar-refractivity contribution in [3.05, 3.63) is 28.8 Å². The van der Waals surface area contributed by atoms with Crippen LogP contribution in [0.4, 0.5) is 22.0 Å². The van der Waals surface area contributed by atoms with Crippen molar-refractivity contribution in [1.29, 1.82) is 5.26 Å². The molecule has 232 valence electrons. The van der Waals surface area contributed by atoms with Gasteiger partial charge in [0.25, 0.3) is 6.43 Å². The fourth-order valence-electron chi connectivity index (χ4n) is 4.65. The number of rotatable bonds is 9. The average molecular weight is 666 g/mol. The summed E-state index contributed by atoms with van der Waals surface area (Å²) in [5.74, 6) is 0. The predicted octanol–water partition coefficient (Wildman–Crippen LogP) is 4.22. The molecular weight excluding hydrogens is 642 g/mol. The van der Waals surface area contributed by atoms with Gasteiger partial charge in [-0.25, -0.2) is 25.6 Å². The smallest absolute Gasteiger partial charge is 0.254 e. The van der Waals surface area contributed by atoms with Gasteiger partial charge in [0.1, 0.15) is 17.8 Å². The second-order valence-electron chi connectivity index (χ2n) is 10.5. The third-order valence-electron chi connectivity index (χ3n) is 7.05. The van der Waals surface area contributed by atoms with Gasteiger partial charge in [-0.05, 0) is 50.8 Å². The van der Waals surface area contributed by atoms with Crippen LogP contribution >= 0.6 is 11.3 Å². The lowest BCUT2D eigenvalue weighted by Crippen LogP contribution is -2.39. The summed E-state index contributed by atoms with van der Waals surface area (Å²) in [6, 6.07) is 4.12. The minimum Gasteiger partial charge on any atom is -0.254 e. The molecule has 1 aliphatic carbocycles. The zero-order chi connectivity index (χ0) is 31.5. The molecule has 43 heavy (non-hydrogen) atoms. The summed E-state index contributed by atoms with van der Waals surface area (Å²) in [4.78, 5) is -0.402. The predicted molar refractivity (Wildman–Crippen MR) is 146 cm³/mol. The van der Waals surface area contributed by atoms with Crippen LogP contribution in [0.5, 0.6) is 0 Å². The number of hydrogen-bond donors (Lipinski definition) is 1. The minimum absolute atomic E-state index is 0.0188. The molecule has 0 unspecified atom stereocenters. The van der Waals surface area contributed by atoms with Gasteiger partial charge in [-0.2, -0.15) is 32.6 Å². The van der Waals surface area contributed by atoms with E-state index in [0.29, 0.717) is 21.6 Å². The van der Waals surface area contributed by atoms with Gasteiger partial charge in [0.15, 0.2) is 10.0 Å². The average Bonchev–Trinajstić information content (AvgIpc) is 3.34. The summed E-state index contributed by atoms with van der Waals surface area (Å²) in [5, 5.41) is 18.7. The number of halogens is 5. The Kier molecular flexibility index (Phi) is 7.91. The highest BCUT2D eigenvalue weighted by molar-refractivity contribution is 7.90. The molecule has 1 N–H and O–H groups in total. The molecule has 0 spiro atoms. The Labute approximate surface area is 247 Å². The molecule has 1 aromatic carbocycles. The maximum Gasteiger partial charge on any atom is 0.408 e. The minimum atomic E-state index is -4.77. The molecule has 19 heteroatoms. The van der Waals surface area contributed by atoms with Crippen LogP contribution < -0.4 is 4.72 Å². The van der Waals surface area contributed by atoms with Crippen LogP contribution in [0.2, 0.25) is 0 Å². The van der Waals surface area contributed by atoms with E-state index in [9.17, 15) is 44.0 Å². The normalized spacial score (nSPS) is 17.9. The third-order valence-corrected chi connectivity index (χ3v) is 11.7. The molecule has 11 nitrogen and oxygen atoms in total. The Morgan fingerprint density at radius 3 is 2.37 bits per heavy atom. The van der Waals surface area contributed by atoms with Crippen LogP contribution in [0.15, 0.2) is 23.1 Å². The molecule has 1 saturated carbocycles. The maximum absolute atomic E-state index is 13.7. The van der Waals surface area contributed by atoms with Gasteiger partial charge in [-0.3, -0.25) is 4.68 Å². The molecule has 1 fully saturated rings. The number of aromatic nitrogens is 4. The highest BCUT2D eigenvalue weighted by Gasteiger charge is 2.47. The van der Waals surface area contributed by atoms with Crippen molar-refractivity contribution in [3.8, 4) is 16.8 Å². The van der Waals surface area contributed by atoms with Crippen molar-refractivity contribution in [1.82, 2.24) is 29.0 Å². The summed E-state index contributed by atoms with van der Waals surface area (Å²) in [6.07, 6.45) is -5.74. The maximum atomic E-state index is 13.7. The van der Waals surface area contributed by atoms with E-state index in [1.54, 1.807) is 0 Å². The fraction of sp³-hybridized carbons (Fsp3) is 0.500. The van der Waals surface area contributed by atoms with Crippen LogP contribution in [0, 0.1) is 11.3 Å². The number of sulfonamides is 2. The summed E-state index contributed by atoms with van der Waals surface area (Å²) in [6.45, 7) is 1.29. The lowest BCUT2D eigenvalue weighted by Gasteiger charge is -2.28. The van der Waals surface area contributed by atoms with Gasteiger partial charge in [0.05, 0.1) is 21.7 Å². The summed E-state index contributed by atoms with van der Waals surface area (Å²) >= 11 is 0.399. The first-order chi connectivity index (χ1) is 20.0. The highest BCUT2D eigenvalue weighted by atomic mass is 32.2. The molecule has 0 saturated heterocycles. The number of benzene rings is 1. The second kappa shape index (κ2) is 10.8. The Morgan fingerprint density at radius 1 is 1.16 bits per heavy atom. The van der Waals surface area contributed by atoms with Gasteiger partial charge >= 0.3 is 6.18 Å². The summed E-state index contributed by atoms with van der Waals surface area (Å²) < 4.78 is 124. The molecule has 3 heterocycles. The molecule has 0 radical (unpaired) electrons. The van der Waals surface area contributed by atoms with Crippen LogP contribution in [-0.2, 0) is 26.6 Å². The van der Waals surface area contributed by atoms with Crippen molar-refractivity contribution >= 4 is 47.9 Å². The lowest BCUT2D eigenvalue weighted by atomic mass is 9.97. The topological polar surface area (TPSA) is 151 Å². The van der Waals surface area contributed by atoms with Gasteiger partial charge < -0.3 is 0 Å². The van der Waals surface area contributed by atoms with E-state index >= 15 is 0 Å². The zero-order valence-corrected chi connectivity index (χ0v) is 25.0. The van der Waals surface area contributed by atoms with E-state index in [1.807, 2.05) is 6.07 Å². The van der Waals surface area contributed by atoms with Gasteiger partial charge in [-0.15, -0.1) is 10.2 Å². The molecule has 1 aliphatic heterocycles. The molecule has 0 atom stereocenters. The highest BCUT2D eigenvalue weighted by Crippen LogP contribution is 2.41. The molecule has 0 amide bonds. The first-order valence-corrected chi connectivity index (χ1v) is 16.6. The van der Waals surface area contributed by atoms with E-state index in [2.05, 4.69) is 20.0 Å². The molecule has 2 aliphatic rings. The van der Waals surface area contributed by atoms with E-state index in [1.165, 1.54) is 24.2 Å². The quantitative estimate of drug-likeness (QED) is 0.334. The van der Waals surface area contributed by atoms with Crippen molar-refractivity contribution in [2.75, 3.05) is 13.1 Å². The Bertz CT molecular complexity index is 1870. The third kappa shape index (κ3) is 6.16. The summed E-state index contributed by atoms with van der Waals surface area (Å²) in [7, 11) is -8.07. The standard InChI is InChI=1S/C24H24F5N7O4S3/c1-13(2)43(39,40)35-7-3-14(4-8-35)16-9-15(42(37,38)34-23(11-30)5-6-23)10-17-18(21-31-32-22(41-21)20(25)26)33-36(19(16)17)12-24(27,28)29/h3,9-10,13,20,34H,4-8,12H2,1-2H3. The van der Waals surface area contributed by atoms with Gasteiger partial charge in [0.2, 0.25) is 20.0 Å². The largest absolute Gasteiger partial charge is 0.408 e. The van der Waals surface area contributed by atoms with E-state index < -0.39 is 59.9 Å². The Balaban J connectivity index is 1.75. The van der Waals surface area contributed by atoms with Crippen LogP contribution in [-0.4, -0.2) is 71.2 Å². The SMILES string of the molecule is CC(C)S(=O)(=O)N1CC=C(c2cc(S(=O)(=O)NC3(C#N)CC3)cc3c(-c4nnc(C(F)F)s4)nn(CC(F)(F)F)c23)CC1. The number of nitriles is 1. The van der Waals surface area contributed by atoms with Crippen molar-refractivity contribution in [2.45, 2.75) is 67.9 Å². The van der Waals surface area contributed by atoms with E-state index in [4.69, 9.17) is 0 Å². The van der Waals surface area contributed by atoms with E-state index in [-0.39, 0.29) is 59.5 Å². The molecule has 3 aromatic rings. The monoisotopic (exact) mass is 665 g/mol.